The molecule has 1 aromatic heterocycles. The molecule has 0 aliphatic rings. The molecule has 23 heavy (non-hydrogen) atoms. The molecule has 0 radical (unpaired) electrons. The van der Waals surface area contributed by atoms with E-state index in [1.54, 1.807) is 20.8 Å². The Morgan fingerprint density at radius 2 is 1.87 bits per heavy atom. The first-order valence-corrected chi connectivity index (χ1v) is 8.46. The summed E-state index contributed by atoms with van der Waals surface area (Å²) in [6, 6.07) is 5.49. The van der Waals surface area contributed by atoms with Gasteiger partial charge in [0.25, 0.3) is 5.91 Å². The van der Waals surface area contributed by atoms with Gasteiger partial charge in [0.05, 0.1) is 11.4 Å². The normalized spacial score (nSPS) is 11.7. The summed E-state index contributed by atoms with van der Waals surface area (Å²) in [5.41, 5.74) is 1.49. The zero-order valence-electron chi connectivity index (χ0n) is 13.0. The van der Waals surface area contributed by atoms with Gasteiger partial charge < -0.3 is 5.32 Å². The molecule has 0 saturated heterocycles. The summed E-state index contributed by atoms with van der Waals surface area (Å²) in [4.78, 5) is 12.1. The van der Waals surface area contributed by atoms with Crippen LogP contribution in [0.15, 0.2) is 33.8 Å². The topological polar surface area (TPSA) is 114 Å². The SMILES string of the molecule is Cc1nonc1CNC(=O)c1ccc(S(=O)(=O)NC(C)C)cc1. The predicted octanol–water partition coefficient (Wildman–Crippen LogP) is 0.995. The third kappa shape index (κ3) is 4.36. The fraction of sp³-hybridized carbons (Fsp3) is 0.357. The van der Waals surface area contributed by atoms with Crippen molar-refractivity contribution in [3.8, 4) is 0 Å². The molecular formula is C14H18N4O4S. The highest BCUT2D eigenvalue weighted by Gasteiger charge is 2.16. The van der Waals surface area contributed by atoms with Crippen LogP contribution in [-0.4, -0.2) is 30.7 Å². The first kappa shape index (κ1) is 17.1. The van der Waals surface area contributed by atoms with Gasteiger partial charge in [-0.1, -0.05) is 10.3 Å². The van der Waals surface area contributed by atoms with Crippen molar-refractivity contribution in [1.29, 1.82) is 0 Å². The lowest BCUT2D eigenvalue weighted by molar-refractivity contribution is 0.0950. The van der Waals surface area contributed by atoms with Gasteiger partial charge in [0, 0.05) is 11.6 Å². The Balaban J connectivity index is 2.04. The van der Waals surface area contributed by atoms with E-state index in [-0.39, 0.29) is 23.4 Å². The van der Waals surface area contributed by atoms with Crippen LogP contribution in [0.2, 0.25) is 0 Å². The van der Waals surface area contributed by atoms with Gasteiger partial charge in [-0.2, -0.15) is 0 Å². The maximum atomic E-state index is 12.0. The van der Waals surface area contributed by atoms with Crippen molar-refractivity contribution in [2.45, 2.75) is 38.3 Å². The third-order valence-electron chi connectivity index (χ3n) is 2.98. The van der Waals surface area contributed by atoms with Gasteiger partial charge in [0.1, 0.15) is 11.4 Å². The van der Waals surface area contributed by atoms with E-state index < -0.39 is 10.0 Å². The number of rotatable bonds is 6. The van der Waals surface area contributed by atoms with Crippen LogP contribution >= 0.6 is 0 Å². The molecule has 0 aliphatic carbocycles. The lowest BCUT2D eigenvalue weighted by Gasteiger charge is -2.10. The molecule has 1 aromatic carbocycles. The standard InChI is InChI=1S/C14H18N4O4S/c1-9(2)18-23(20,21)12-6-4-11(5-7-12)14(19)15-8-13-10(3)16-22-17-13/h4-7,9,18H,8H2,1-3H3,(H,15,19). The average Bonchev–Trinajstić information content (AvgIpc) is 2.89. The number of aromatic nitrogens is 2. The fourth-order valence-corrected chi connectivity index (χ4v) is 3.09. The van der Waals surface area contributed by atoms with E-state index in [4.69, 9.17) is 0 Å². The number of nitrogens with zero attached hydrogens (tertiary/aromatic N) is 2. The number of nitrogens with one attached hydrogen (secondary N) is 2. The summed E-state index contributed by atoms with van der Waals surface area (Å²) in [7, 11) is -3.57. The van der Waals surface area contributed by atoms with Crippen molar-refractivity contribution in [1.82, 2.24) is 20.4 Å². The second-order valence-electron chi connectivity index (χ2n) is 5.28. The lowest BCUT2D eigenvalue weighted by atomic mass is 10.2. The molecule has 1 heterocycles. The van der Waals surface area contributed by atoms with Crippen LogP contribution in [0.4, 0.5) is 0 Å². The highest BCUT2D eigenvalue weighted by Crippen LogP contribution is 2.11. The second-order valence-corrected chi connectivity index (χ2v) is 6.99. The molecule has 2 aromatic rings. The highest BCUT2D eigenvalue weighted by molar-refractivity contribution is 7.89. The number of benzene rings is 1. The van der Waals surface area contributed by atoms with Gasteiger partial charge in [-0.3, -0.25) is 4.79 Å². The van der Waals surface area contributed by atoms with Crippen LogP contribution in [0.3, 0.4) is 0 Å². The van der Waals surface area contributed by atoms with Gasteiger partial charge in [-0.25, -0.2) is 17.8 Å². The second kappa shape index (κ2) is 6.88. The van der Waals surface area contributed by atoms with E-state index in [9.17, 15) is 13.2 Å². The molecular weight excluding hydrogens is 320 g/mol. The van der Waals surface area contributed by atoms with Gasteiger partial charge in [-0.15, -0.1) is 0 Å². The van der Waals surface area contributed by atoms with E-state index in [0.717, 1.165) is 0 Å². The quantitative estimate of drug-likeness (QED) is 0.812. The van der Waals surface area contributed by atoms with Gasteiger partial charge in [0.15, 0.2) is 0 Å². The third-order valence-corrected chi connectivity index (χ3v) is 4.65. The van der Waals surface area contributed by atoms with Crippen LogP contribution in [-0.2, 0) is 16.6 Å². The van der Waals surface area contributed by atoms with E-state index in [1.807, 2.05) is 0 Å². The molecule has 0 unspecified atom stereocenters. The zero-order valence-corrected chi connectivity index (χ0v) is 13.8. The Morgan fingerprint density at radius 3 is 2.39 bits per heavy atom. The summed E-state index contributed by atoms with van der Waals surface area (Å²) >= 11 is 0. The van der Waals surface area contributed by atoms with Crippen LogP contribution in [0, 0.1) is 6.92 Å². The monoisotopic (exact) mass is 338 g/mol. The first-order chi connectivity index (χ1) is 10.8. The Hall–Kier alpha value is -2.26. The van der Waals surface area contributed by atoms with E-state index in [1.165, 1.54) is 24.3 Å². The molecule has 2 N–H and O–H groups in total. The minimum Gasteiger partial charge on any atom is -0.346 e. The molecule has 124 valence electrons. The average molecular weight is 338 g/mol. The van der Waals surface area contributed by atoms with E-state index in [2.05, 4.69) is 25.0 Å². The van der Waals surface area contributed by atoms with Crippen molar-refractivity contribution in [3.63, 3.8) is 0 Å². The summed E-state index contributed by atoms with van der Waals surface area (Å²) in [5.74, 6) is -0.340. The van der Waals surface area contributed by atoms with E-state index in [0.29, 0.717) is 17.0 Å². The van der Waals surface area contributed by atoms with Crippen molar-refractivity contribution >= 4 is 15.9 Å². The number of aryl methyl sites for hydroxylation is 1. The number of sulfonamides is 1. The van der Waals surface area contributed by atoms with Crippen LogP contribution in [0.1, 0.15) is 35.6 Å². The zero-order chi connectivity index (χ0) is 17.0. The van der Waals surface area contributed by atoms with Gasteiger partial charge in [-0.05, 0) is 45.0 Å². The van der Waals surface area contributed by atoms with Crippen molar-refractivity contribution in [2.75, 3.05) is 0 Å². The number of carbonyl (C=O) groups excluding carboxylic acids is 1. The predicted molar refractivity (Wildman–Crippen MR) is 82.1 cm³/mol. The molecule has 0 fully saturated rings. The smallest absolute Gasteiger partial charge is 0.251 e. The van der Waals surface area contributed by atoms with Crippen molar-refractivity contribution in [3.05, 3.63) is 41.2 Å². The molecule has 9 heteroatoms. The lowest BCUT2D eigenvalue weighted by Crippen LogP contribution is -2.30. The Morgan fingerprint density at radius 1 is 1.22 bits per heavy atom. The maximum absolute atomic E-state index is 12.0. The number of amides is 1. The van der Waals surface area contributed by atoms with Crippen molar-refractivity contribution < 1.29 is 17.8 Å². The van der Waals surface area contributed by atoms with Gasteiger partial charge in [0.2, 0.25) is 10.0 Å². The molecule has 0 atom stereocenters. The summed E-state index contributed by atoms with van der Waals surface area (Å²) in [6.45, 7) is 5.38. The van der Waals surface area contributed by atoms with Crippen LogP contribution < -0.4 is 10.0 Å². The molecule has 0 bridgehead atoms. The number of carbonyl (C=O) groups is 1. The van der Waals surface area contributed by atoms with E-state index >= 15 is 0 Å². The minimum absolute atomic E-state index is 0.110. The fourth-order valence-electron chi connectivity index (χ4n) is 1.84. The minimum atomic E-state index is -3.57. The number of hydrogen-bond acceptors (Lipinski definition) is 6. The Labute approximate surface area is 134 Å². The highest BCUT2D eigenvalue weighted by atomic mass is 32.2. The first-order valence-electron chi connectivity index (χ1n) is 6.98. The van der Waals surface area contributed by atoms with Crippen molar-refractivity contribution in [2.24, 2.45) is 0 Å². The van der Waals surface area contributed by atoms with Gasteiger partial charge >= 0.3 is 0 Å². The molecule has 0 spiro atoms. The largest absolute Gasteiger partial charge is 0.346 e. The molecule has 0 saturated carbocycles. The summed E-state index contributed by atoms with van der Waals surface area (Å²) < 4.78 is 31.0. The summed E-state index contributed by atoms with van der Waals surface area (Å²) in [6.07, 6.45) is 0. The molecule has 2 rings (SSSR count). The Kier molecular flexibility index (Phi) is 5.12. The van der Waals surface area contributed by atoms with Crippen LogP contribution in [0.25, 0.3) is 0 Å². The molecule has 8 nitrogen and oxygen atoms in total. The molecule has 1 amide bonds. The molecule has 0 aliphatic heterocycles. The summed E-state index contributed by atoms with van der Waals surface area (Å²) in [5, 5.41) is 9.95. The van der Waals surface area contributed by atoms with Crippen LogP contribution in [0.5, 0.6) is 0 Å². The Bertz CT molecular complexity index is 781. The maximum Gasteiger partial charge on any atom is 0.251 e. The number of hydrogen-bond donors (Lipinski definition) is 2.